The summed E-state index contributed by atoms with van der Waals surface area (Å²) in [6, 6.07) is 29.4. The van der Waals surface area contributed by atoms with Crippen molar-refractivity contribution in [2.75, 3.05) is 0 Å². The predicted octanol–water partition coefficient (Wildman–Crippen LogP) is 6.44. The number of hydrogen-bond acceptors (Lipinski definition) is 4. The van der Waals surface area contributed by atoms with Gasteiger partial charge in [-0.05, 0) is 34.9 Å². The van der Waals surface area contributed by atoms with E-state index in [9.17, 15) is 0 Å². The van der Waals surface area contributed by atoms with Gasteiger partial charge in [-0.15, -0.1) is 12.4 Å². The van der Waals surface area contributed by atoms with Crippen molar-refractivity contribution in [1.82, 2.24) is 4.98 Å². The van der Waals surface area contributed by atoms with Crippen molar-refractivity contribution in [3.05, 3.63) is 113 Å². The molecule has 4 aromatic rings. The van der Waals surface area contributed by atoms with Gasteiger partial charge in [0.15, 0.2) is 0 Å². The Balaban J connectivity index is 0.00000289. The van der Waals surface area contributed by atoms with E-state index in [0.717, 1.165) is 27.8 Å². The van der Waals surface area contributed by atoms with Crippen molar-refractivity contribution < 1.29 is 9.47 Å². The van der Waals surface area contributed by atoms with Gasteiger partial charge in [0.1, 0.15) is 13.2 Å². The molecule has 1 heterocycles. The number of rotatable bonds is 8. The van der Waals surface area contributed by atoms with Crippen molar-refractivity contribution >= 4 is 24.0 Å². The molecule has 0 aliphatic heterocycles. The Morgan fingerprint density at radius 2 is 1.31 bits per heavy atom. The van der Waals surface area contributed by atoms with E-state index in [0.29, 0.717) is 36.5 Å². The minimum Gasteiger partial charge on any atom is -0.473 e. The average molecular weight is 467 g/mol. The number of aromatic nitrogens is 1. The summed E-state index contributed by atoms with van der Waals surface area (Å²) in [7, 11) is 0. The lowest BCUT2D eigenvalue weighted by atomic mass is 10.0. The summed E-state index contributed by atoms with van der Waals surface area (Å²) >= 11 is 6.50. The number of hydrogen-bond donors (Lipinski definition) is 1. The molecule has 0 aliphatic carbocycles. The largest absolute Gasteiger partial charge is 0.473 e. The van der Waals surface area contributed by atoms with Gasteiger partial charge in [0.25, 0.3) is 0 Å². The minimum absolute atomic E-state index is 0. The van der Waals surface area contributed by atoms with Crippen molar-refractivity contribution in [3.63, 3.8) is 0 Å². The molecule has 2 N–H and O–H groups in total. The normalized spacial score (nSPS) is 10.3. The maximum Gasteiger partial charge on any atom is 0.225 e. The third-order valence-corrected chi connectivity index (χ3v) is 5.17. The average Bonchev–Trinajstić information content (AvgIpc) is 2.83. The molecular formula is C26H24Cl2N2O2. The lowest BCUT2D eigenvalue weighted by Gasteiger charge is -2.15. The van der Waals surface area contributed by atoms with Gasteiger partial charge in [-0.3, -0.25) is 0 Å². The van der Waals surface area contributed by atoms with Crippen LogP contribution in [0.4, 0.5) is 0 Å². The fourth-order valence-corrected chi connectivity index (χ4v) is 3.40. The number of pyridine rings is 1. The monoisotopic (exact) mass is 466 g/mol. The molecule has 32 heavy (non-hydrogen) atoms. The molecular weight excluding hydrogens is 443 g/mol. The molecule has 0 amide bonds. The first-order chi connectivity index (χ1) is 15.2. The summed E-state index contributed by atoms with van der Waals surface area (Å²) in [6.07, 6.45) is 0. The quantitative estimate of drug-likeness (QED) is 0.324. The maximum absolute atomic E-state index is 6.50. The Morgan fingerprint density at radius 1 is 0.688 bits per heavy atom. The standard InChI is InChI=1S/C26H23ClN2O2.ClH/c27-24-13-11-21(16-28)15-23(24)22-12-14-25(30-17-19-7-3-1-4-8-19)29-26(22)31-18-20-9-5-2-6-10-20;/h1-15H,16-18,28H2;1H. The van der Waals surface area contributed by atoms with Crippen LogP contribution in [0.1, 0.15) is 16.7 Å². The summed E-state index contributed by atoms with van der Waals surface area (Å²) in [6.45, 7) is 1.24. The highest BCUT2D eigenvalue weighted by Crippen LogP contribution is 2.36. The third-order valence-electron chi connectivity index (χ3n) is 4.84. The second-order valence-electron chi connectivity index (χ2n) is 7.07. The molecule has 1 aromatic heterocycles. The summed E-state index contributed by atoms with van der Waals surface area (Å²) in [4.78, 5) is 4.64. The van der Waals surface area contributed by atoms with E-state index in [1.807, 2.05) is 91.0 Å². The van der Waals surface area contributed by atoms with Crippen LogP contribution in [0, 0.1) is 0 Å². The molecule has 4 nitrogen and oxygen atoms in total. The van der Waals surface area contributed by atoms with E-state index < -0.39 is 0 Å². The molecule has 164 valence electrons. The van der Waals surface area contributed by atoms with Crippen LogP contribution in [0.3, 0.4) is 0 Å². The number of benzene rings is 3. The second kappa shape index (κ2) is 11.5. The van der Waals surface area contributed by atoms with Gasteiger partial charge in [0.2, 0.25) is 11.8 Å². The molecule has 6 heteroatoms. The molecule has 0 bridgehead atoms. The summed E-state index contributed by atoms with van der Waals surface area (Å²) in [5.74, 6) is 0.951. The topological polar surface area (TPSA) is 57.4 Å². The first kappa shape index (κ1) is 23.6. The fourth-order valence-electron chi connectivity index (χ4n) is 3.18. The van der Waals surface area contributed by atoms with E-state index in [1.54, 1.807) is 0 Å². The van der Waals surface area contributed by atoms with E-state index in [1.165, 1.54) is 0 Å². The second-order valence-corrected chi connectivity index (χ2v) is 7.48. The van der Waals surface area contributed by atoms with Gasteiger partial charge in [-0.2, -0.15) is 4.98 Å². The third kappa shape index (κ3) is 6.01. The zero-order valence-corrected chi connectivity index (χ0v) is 19.0. The Hall–Kier alpha value is -3.05. The molecule has 0 saturated carbocycles. The lowest BCUT2D eigenvalue weighted by Crippen LogP contribution is -2.03. The molecule has 3 aromatic carbocycles. The highest BCUT2D eigenvalue weighted by molar-refractivity contribution is 6.33. The maximum atomic E-state index is 6.50. The summed E-state index contributed by atoms with van der Waals surface area (Å²) in [5, 5.41) is 0.613. The van der Waals surface area contributed by atoms with Crippen LogP contribution in [-0.2, 0) is 19.8 Å². The highest BCUT2D eigenvalue weighted by atomic mass is 35.5. The van der Waals surface area contributed by atoms with E-state index in [-0.39, 0.29) is 12.4 Å². The molecule has 4 rings (SSSR count). The van der Waals surface area contributed by atoms with Gasteiger partial charge >= 0.3 is 0 Å². The van der Waals surface area contributed by atoms with Crippen LogP contribution in [-0.4, -0.2) is 4.98 Å². The van der Waals surface area contributed by atoms with Gasteiger partial charge in [0.05, 0.1) is 0 Å². The van der Waals surface area contributed by atoms with E-state index in [4.69, 9.17) is 26.8 Å². The van der Waals surface area contributed by atoms with Crippen molar-refractivity contribution in [2.24, 2.45) is 5.73 Å². The molecule has 0 fully saturated rings. The van der Waals surface area contributed by atoms with Gasteiger partial charge < -0.3 is 15.2 Å². The predicted molar refractivity (Wildman–Crippen MR) is 131 cm³/mol. The highest BCUT2D eigenvalue weighted by Gasteiger charge is 2.14. The Labute approximate surface area is 199 Å². The number of nitrogens with zero attached hydrogens (tertiary/aromatic N) is 1. The van der Waals surface area contributed by atoms with Crippen molar-refractivity contribution in [2.45, 2.75) is 19.8 Å². The number of nitrogens with two attached hydrogens (primary N) is 1. The Kier molecular flexibility index (Phi) is 8.51. The SMILES string of the molecule is Cl.NCc1ccc(Cl)c(-c2ccc(OCc3ccccc3)nc2OCc2ccccc2)c1. The fraction of sp³-hybridized carbons (Fsp3) is 0.115. The van der Waals surface area contributed by atoms with E-state index >= 15 is 0 Å². The van der Waals surface area contributed by atoms with E-state index in [2.05, 4.69) is 4.98 Å². The molecule has 0 spiro atoms. The Morgan fingerprint density at radius 3 is 1.94 bits per heavy atom. The van der Waals surface area contributed by atoms with Crippen LogP contribution >= 0.6 is 24.0 Å². The Bertz CT molecular complexity index is 1140. The number of halogens is 2. The number of ether oxygens (including phenoxy) is 2. The molecule has 0 radical (unpaired) electrons. The van der Waals surface area contributed by atoms with Gasteiger partial charge in [0, 0.05) is 28.8 Å². The van der Waals surface area contributed by atoms with Crippen LogP contribution in [0.25, 0.3) is 11.1 Å². The van der Waals surface area contributed by atoms with Crippen LogP contribution in [0.2, 0.25) is 5.02 Å². The smallest absolute Gasteiger partial charge is 0.225 e. The summed E-state index contributed by atoms with van der Waals surface area (Å²) in [5.41, 5.74) is 10.6. The van der Waals surface area contributed by atoms with Crippen molar-refractivity contribution in [3.8, 4) is 22.9 Å². The summed E-state index contributed by atoms with van der Waals surface area (Å²) < 4.78 is 12.0. The molecule has 0 atom stereocenters. The van der Waals surface area contributed by atoms with Crippen LogP contribution in [0.15, 0.2) is 91.0 Å². The van der Waals surface area contributed by atoms with Crippen molar-refractivity contribution in [1.29, 1.82) is 0 Å². The zero-order valence-electron chi connectivity index (χ0n) is 17.4. The minimum atomic E-state index is 0. The van der Waals surface area contributed by atoms with Gasteiger partial charge in [-0.1, -0.05) is 78.3 Å². The van der Waals surface area contributed by atoms with Gasteiger partial charge in [-0.25, -0.2) is 0 Å². The van der Waals surface area contributed by atoms with Crippen LogP contribution in [0.5, 0.6) is 11.8 Å². The zero-order chi connectivity index (χ0) is 21.5. The first-order valence-corrected chi connectivity index (χ1v) is 10.4. The molecule has 0 unspecified atom stereocenters. The van der Waals surface area contributed by atoms with Crippen LogP contribution < -0.4 is 15.2 Å². The molecule has 0 aliphatic rings. The molecule has 0 saturated heterocycles. The lowest BCUT2D eigenvalue weighted by molar-refractivity contribution is 0.268. The first-order valence-electron chi connectivity index (χ1n) is 10.1.